The number of phenols is 2. The third kappa shape index (κ3) is 8.92. The van der Waals surface area contributed by atoms with Crippen LogP contribution < -0.4 is 0 Å². The first-order chi connectivity index (χ1) is 18.4. The van der Waals surface area contributed by atoms with Crippen molar-refractivity contribution >= 4 is 23.5 Å². The van der Waals surface area contributed by atoms with Crippen LogP contribution in [0.25, 0.3) is 0 Å². The fourth-order valence-electron chi connectivity index (χ4n) is 4.94. The van der Waals surface area contributed by atoms with Crippen LogP contribution in [0.15, 0.2) is 47.4 Å². The van der Waals surface area contributed by atoms with Gasteiger partial charge in [0.2, 0.25) is 0 Å². The molecule has 1 aliphatic heterocycles. The molecule has 2 atom stereocenters. The van der Waals surface area contributed by atoms with Gasteiger partial charge in [0.1, 0.15) is 11.5 Å². The minimum atomic E-state index is -5.47. The molecule has 39 heavy (non-hydrogen) atoms. The van der Waals surface area contributed by atoms with E-state index in [0.29, 0.717) is 19.0 Å². The lowest BCUT2D eigenvalue weighted by molar-refractivity contribution is -0.284. The Morgan fingerprint density at radius 3 is 2.28 bits per heavy atom. The molecule has 0 bridgehead atoms. The molecular weight excluding hydrogens is 555 g/mol. The second-order valence-corrected chi connectivity index (χ2v) is 12.5. The van der Waals surface area contributed by atoms with Gasteiger partial charge in [0, 0.05) is 35.7 Å². The van der Waals surface area contributed by atoms with Gasteiger partial charge >= 0.3 is 12.1 Å². The Hall–Kier alpha value is -1.65. The first-order valence-electron chi connectivity index (χ1n) is 13.3. The van der Waals surface area contributed by atoms with Crippen molar-refractivity contribution in [3.8, 4) is 11.5 Å². The molecule has 0 saturated carbocycles. The van der Waals surface area contributed by atoms with Crippen LogP contribution in [0.1, 0.15) is 68.9 Å². The number of benzene rings is 2. The highest BCUT2D eigenvalue weighted by Crippen LogP contribution is 2.52. The fraction of sp³-hybridized carbons (Fsp3) is 0.586. The van der Waals surface area contributed by atoms with Crippen molar-refractivity contribution in [1.29, 1.82) is 0 Å². The predicted octanol–water partition coefficient (Wildman–Crippen LogP) is 8.92. The minimum Gasteiger partial charge on any atom is -0.508 e. The summed E-state index contributed by atoms with van der Waals surface area (Å²) in [5, 5.41) is 19.7. The van der Waals surface area contributed by atoms with Crippen molar-refractivity contribution in [2.24, 2.45) is 0 Å². The largest absolute Gasteiger partial charge is 0.508 e. The number of ether oxygens (including phenoxy) is 1. The van der Waals surface area contributed by atoms with E-state index in [1.807, 2.05) is 24.3 Å². The van der Waals surface area contributed by atoms with Gasteiger partial charge in [-0.2, -0.15) is 33.7 Å². The monoisotopic (exact) mass is 592 g/mol. The van der Waals surface area contributed by atoms with E-state index >= 15 is 0 Å². The quantitative estimate of drug-likeness (QED) is 0.160. The van der Waals surface area contributed by atoms with E-state index in [-0.39, 0.29) is 35.0 Å². The highest BCUT2D eigenvalue weighted by atomic mass is 32.2. The molecule has 0 fully saturated rings. The van der Waals surface area contributed by atoms with Crippen LogP contribution in [0.5, 0.6) is 11.5 Å². The van der Waals surface area contributed by atoms with E-state index in [1.54, 1.807) is 30.0 Å². The third-order valence-electron chi connectivity index (χ3n) is 7.25. The molecular formula is C29H37F5O3S2. The summed E-state index contributed by atoms with van der Waals surface area (Å²) in [7, 11) is 0. The van der Waals surface area contributed by atoms with Gasteiger partial charge in [0.15, 0.2) is 0 Å². The molecule has 1 aliphatic rings. The number of alkyl halides is 5. The first-order valence-corrected chi connectivity index (χ1v) is 15.4. The van der Waals surface area contributed by atoms with Crippen LogP contribution in [0.3, 0.4) is 0 Å². The van der Waals surface area contributed by atoms with E-state index in [4.69, 9.17) is 4.74 Å². The van der Waals surface area contributed by atoms with Gasteiger partial charge in [-0.25, -0.2) is 0 Å². The third-order valence-corrected chi connectivity index (χ3v) is 9.81. The van der Waals surface area contributed by atoms with E-state index in [1.165, 1.54) is 22.9 Å². The number of aromatic hydroxyl groups is 2. The fourth-order valence-corrected chi connectivity index (χ4v) is 7.22. The number of unbranched alkanes of at least 4 members (excludes halogenated alkanes) is 2. The molecule has 10 heteroatoms. The number of halogens is 5. The Morgan fingerprint density at radius 1 is 0.897 bits per heavy atom. The van der Waals surface area contributed by atoms with E-state index in [0.717, 1.165) is 42.8 Å². The molecule has 2 aromatic rings. The van der Waals surface area contributed by atoms with Gasteiger partial charge < -0.3 is 14.9 Å². The van der Waals surface area contributed by atoms with Gasteiger partial charge in [0.05, 0.1) is 0 Å². The van der Waals surface area contributed by atoms with Crippen LogP contribution in [0.2, 0.25) is 0 Å². The Bertz CT molecular complexity index is 1030. The number of thioether (sulfide) groups is 2. The van der Waals surface area contributed by atoms with Gasteiger partial charge in [-0.3, -0.25) is 0 Å². The van der Waals surface area contributed by atoms with Crippen molar-refractivity contribution in [2.75, 3.05) is 30.5 Å². The Morgan fingerprint density at radius 2 is 1.56 bits per heavy atom. The molecule has 0 aromatic heterocycles. The first kappa shape index (κ1) is 31.9. The van der Waals surface area contributed by atoms with Crippen molar-refractivity contribution in [2.45, 2.75) is 80.2 Å². The lowest BCUT2D eigenvalue weighted by atomic mass is 9.68. The molecule has 3 nitrogen and oxygen atoms in total. The van der Waals surface area contributed by atoms with Gasteiger partial charge in [-0.05, 0) is 78.5 Å². The number of hydrogen-bond acceptors (Lipinski definition) is 5. The van der Waals surface area contributed by atoms with Crippen LogP contribution in [-0.4, -0.2) is 52.8 Å². The van der Waals surface area contributed by atoms with E-state index in [9.17, 15) is 32.2 Å². The zero-order chi connectivity index (χ0) is 28.5. The van der Waals surface area contributed by atoms with Gasteiger partial charge in [-0.15, -0.1) is 11.8 Å². The van der Waals surface area contributed by atoms with E-state index in [2.05, 4.69) is 6.92 Å². The second kappa shape index (κ2) is 14.3. The topological polar surface area (TPSA) is 49.7 Å². The summed E-state index contributed by atoms with van der Waals surface area (Å²) >= 11 is 3.13. The number of rotatable bonds is 15. The number of hydrogen-bond donors (Lipinski definition) is 2. The predicted molar refractivity (Wildman–Crippen MR) is 148 cm³/mol. The van der Waals surface area contributed by atoms with Crippen molar-refractivity contribution in [3.63, 3.8) is 0 Å². The summed E-state index contributed by atoms with van der Waals surface area (Å²) in [5.74, 6) is -2.00. The molecule has 0 amide bonds. The molecule has 0 aliphatic carbocycles. The lowest BCUT2D eigenvalue weighted by Gasteiger charge is -2.43. The Kier molecular flexibility index (Phi) is 11.7. The molecule has 1 heterocycles. The Labute approximate surface area is 235 Å². The normalized spacial score (nSPS) is 19.7. The summed E-state index contributed by atoms with van der Waals surface area (Å²) in [6.45, 7) is 3.44. The zero-order valence-electron chi connectivity index (χ0n) is 22.1. The number of phenolic OH excluding ortho intramolecular Hbond substituents is 2. The summed E-state index contributed by atoms with van der Waals surface area (Å²) in [6, 6.07) is 13.1. The Balaban J connectivity index is 1.36. The van der Waals surface area contributed by atoms with Crippen molar-refractivity contribution in [1.82, 2.24) is 0 Å². The second-order valence-electron chi connectivity index (χ2n) is 10.3. The van der Waals surface area contributed by atoms with Crippen LogP contribution >= 0.6 is 23.5 Å². The van der Waals surface area contributed by atoms with Gasteiger partial charge in [-0.1, -0.05) is 38.0 Å². The van der Waals surface area contributed by atoms with Gasteiger partial charge in [0.25, 0.3) is 0 Å². The highest BCUT2D eigenvalue weighted by Gasteiger charge is 2.56. The van der Waals surface area contributed by atoms with Crippen molar-refractivity contribution in [3.05, 3.63) is 53.6 Å². The summed E-state index contributed by atoms with van der Waals surface area (Å²) in [4.78, 5) is 1.12. The van der Waals surface area contributed by atoms with Crippen LogP contribution in [0.4, 0.5) is 22.0 Å². The smallest absolute Gasteiger partial charge is 0.453 e. The minimum absolute atomic E-state index is 0.112. The maximum absolute atomic E-state index is 12.9. The maximum atomic E-state index is 12.9. The summed E-state index contributed by atoms with van der Waals surface area (Å²) in [5.41, 5.74) is 2.32. The number of fused-ring (bicyclic) bond motifs is 1. The molecule has 2 aromatic carbocycles. The average Bonchev–Trinajstić information content (AvgIpc) is 2.87. The lowest BCUT2D eigenvalue weighted by Crippen LogP contribution is -2.36. The van der Waals surface area contributed by atoms with E-state index < -0.39 is 18.5 Å². The summed E-state index contributed by atoms with van der Waals surface area (Å²) in [6.07, 6.45) is -2.15. The molecule has 0 unspecified atom stereocenters. The molecule has 0 saturated heterocycles. The van der Waals surface area contributed by atoms with Crippen molar-refractivity contribution < 1.29 is 36.9 Å². The standard InChI is InChI=1S/C29H37F5O3S2/c1-27(21-8-10-22(35)11-9-21)20-39-26-19-23(36)12-13-24(26)25(27)7-3-2-4-15-37-16-6-18-38-17-5-14-28(30,31)29(32,33)34/h8-13,19,25,35-36H,2-7,14-18,20H2,1H3/t25-,27-/m1/s1. The molecule has 0 radical (unpaired) electrons. The molecule has 2 N–H and O–H groups in total. The highest BCUT2D eigenvalue weighted by molar-refractivity contribution is 7.99. The van der Waals surface area contributed by atoms with Crippen LogP contribution in [0, 0.1) is 0 Å². The summed E-state index contributed by atoms with van der Waals surface area (Å²) < 4.78 is 67.9. The zero-order valence-corrected chi connectivity index (χ0v) is 23.7. The molecule has 218 valence electrons. The average molecular weight is 593 g/mol. The molecule has 3 rings (SSSR count). The maximum Gasteiger partial charge on any atom is 0.453 e. The molecule has 0 spiro atoms. The van der Waals surface area contributed by atoms with Crippen LogP contribution in [-0.2, 0) is 10.2 Å². The SMILES string of the molecule is C[C@]1(c2ccc(O)cc2)CSc2cc(O)ccc2[C@H]1CCCCCOCCCSCCCC(F)(F)C(F)(F)F.